The van der Waals surface area contributed by atoms with Crippen LogP contribution in [0.15, 0.2) is 35.2 Å². The molecule has 1 N–H and O–H groups in total. The molecule has 0 bridgehead atoms. The van der Waals surface area contributed by atoms with Crippen LogP contribution >= 0.6 is 0 Å². The largest absolute Gasteiger partial charge is 0.494 e. The first-order valence-electron chi connectivity index (χ1n) is 8.49. The van der Waals surface area contributed by atoms with Gasteiger partial charge < -0.3 is 4.74 Å². The maximum absolute atomic E-state index is 12.7. The molecule has 0 radical (unpaired) electrons. The van der Waals surface area contributed by atoms with E-state index in [2.05, 4.69) is 23.8 Å². The molecule has 0 unspecified atom stereocenters. The van der Waals surface area contributed by atoms with Crippen LogP contribution < -0.4 is 9.46 Å². The third-order valence-electron chi connectivity index (χ3n) is 4.44. The number of hydrogen-bond donors (Lipinski definition) is 1. The van der Waals surface area contributed by atoms with Gasteiger partial charge in [0, 0.05) is 6.04 Å². The average Bonchev–Trinajstić information content (AvgIpc) is 2.52. The van der Waals surface area contributed by atoms with Crippen molar-refractivity contribution in [2.45, 2.75) is 52.5 Å². The number of aryl methyl sites for hydroxylation is 4. The lowest BCUT2D eigenvalue weighted by molar-refractivity contribution is 0.337. The number of sulfonamides is 1. The minimum absolute atomic E-state index is 0.252. The van der Waals surface area contributed by atoms with Gasteiger partial charge in [0.05, 0.1) is 11.5 Å². The van der Waals surface area contributed by atoms with Crippen LogP contribution in [0.25, 0.3) is 0 Å². The Labute approximate surface area is 151 Å². The SMILES string of the molecule is CCOc1ccc(S(=O)(=O)N[C@H](C)c2cc(C)c(C)cc2C)cc1C. The third kappa shape index (κ3) is 4.41. The highest BCUT2D eigenvalue weighted by molar-refractivity contribution is 7.89. The molecule has 2 rings (SSSR count). The fourth-order valence-corrected chi connectivity index (χ4v) is 4.23. The molecule has 0 saturated heterocycles. The normalized spacial score (nSPS) is 12.9. The molecule has 4 nitrogen and oxygen atoms in total. The molecule has 136 valence electrons. The number of nitrogens with one attached hydrogen (secondary N) is 1. The van der Waals surface area contributed by atoms with Gasteiger partial charge in [0.15, 0.2) is 0 Å². The Bertz CT molecular complexity index is 873. The Balaban J connectivity index is 2.29. The Morgan fingerprint density at radius 1 is 0.960 bits per heavy atom. The van der Waals surface area contributed by atoms with E-state index in [4.69, 9.17) is 4.74 Å². The Kier molecular flexibility index (Phi) is 5.91. The Morgan fingerprint density at radius 3 is 2.20 bits per heavy atom. The monoisotopic (exact) mass is 361 g/mol. The zero-order valence-corrected chi connectivity index (χ0v) is 16.6. The van der Waals surface area contributed by atoms with Crippen LogP contribution in [-0.4, -0.2) is 15.0 Å². The summed E-state index contributed by atoms with van der Waals surface area (Å²) < 4.78 is 33.8. The zero-order chi connectivity index (χ0) is 18.8. The second-order valence-electron chi connectivity index (χ2n) is 6.50. The van der Waals surface area contributed by atoms with Crippen molar-refractivity contribution in [2.24, 2.45) is 0 Å². The minimum Gasteiger partial charge on any atom is -0.494 e. The Morgan fingerprint density at radius 2 is 1.60 bits per heavy atom. The fourth-order valence-electron chi connectivity index (χ4n) is 2.92. The first kappa shape index (κ1) is 19.5. The summed E-state index contributed by atoms with van der Waals surface area (Å²) in [5.41, 5.74) is 5.25. The van der Waals surface area contributed by atoms with Crippen LogP contribution in [0.5, 0.6) is 5.75 Å². The summed E-state index contributed by atoms with van der Waals surface area (Å²) in [7, 11) is -3.61. The van der Waals surface area contributed by atoms with Crippen molar-refractivity contribution in [1.29, 1.82) is 0 Å². The fraction of sp³-hybridized carbons (Fsp3) is 0.400. The van der Waals surface area contributed by atoms with Crippen molar-refractivity contribution in [3.05, 3.63) is 58.1 Å². The number of hydrogen-bond acceptors (Lipinski definition) is 3. The third-order valence-corrected chi connectivity index (χ3v) is 5.98. The molecule has 2 aromatic carbocycles. The number of ether oxygens (including phenoxy) is 1. The van der Waals surface area contributed by atoms with E-state index in [0.29, 0.717) is 12.4 Å². The molecule has 0 aliphatic rings. The molecule has 0 aliphatic heterocycles. The molecular formula is C20H27NO3S. The van der Waals surface area contributed by atoms with E-state index in [1.807, 2.05) is 34.6 Å². The molecule has 0 aliphatic carbocycles. The quantitative estimate of drug-likeness (QED) is 0.832. The second kappa shape index (κ2) is 7.58. The van der Waals surface area contributed by atoms with E-state index in [0.717, 1.165) is 22.3 Å². The smallest absolute Gasteiger partial charge is 0.241 e. The van der Waals surface area contributed by atoms with Crippen LogP contribution in [0.4, 0.5) is 0 Å². The van der Waals surface area contributed by atoms with Gasteiger partial charge in [0.2, 0.25) is 10.0 Å². The highest BCUT2D eigenvalue weighted by Crippen LogP contribution is 2.25. The predicted molar refractivity (Wildman–Crippen MR) is 102 cm³/mol. The lowest BCUT2D eigenvalue weighted by Crippen LogP contribution is -2.27. The van der Waals surface area contributed by atoms with Crippen LogP contribution in [-0.2, 0) is 10.0 Å². The minimum atomic E-state index is -3.61. The summed E-state index contributed by atoms with van der Waals surface area (Å²) in [6.07, 6.45) is 0. The van der Waals surface area contributed by atoms with Crippen LogP contribution in [0.1, 0.15) is 47.7 Å². The molecular weight excluding hydrogens is 334 g/mol. The molecule has 2 aromatic rings. The van der Waals surface area contributed by atoms with Gasteiger partial charge in [0.25, 0.3) is 0 Å². The molecule has 0 spiro atoms. The van der Waals surface area contributed by atoms with Gasteiger partial charge in [-0.15, -0.1) is 0 Å². The summed E-state index contributed by atoms with van der Waals surface area (Å²) in [4.78, 5) is 0.252. The molecule has 0 fully saturated rings. The van der Waals surface area contributed by atoms with Gasteiger partial charge in [-0.25, -0.2) is 13.1 Å². The molecule has 5 heteroatoms. The van der Waals surface area contributed by atoms with Gasteiger partial charge in [-0.3, -0.25) is 0 Å². The summed E-state index contributed by atoms with van der Waals surface area (Å²) >= 11 is 0. The molecule has 1 atom stereocenters. The van der Waals surface area contributed by atoms with Crippen molar-refractivity contribution >= 4 is 10.0 Å². The number of rotatable bonds is 6. The van der Waals surface area contributed by atoms with Crippen LogP contribution in [0.2, 0.25) is 0 Å². The van der Waals surface area contributed by atoms with Crippen molar-refractivity contribution in [1.82, 2.24) is 4.72 Å². The lowest BCUT2D eigenvalue weighted by atomic mass is 9.97. The second-order valence-corrected chi connectivity index (χ2v) is 8.21. The van der Waals surface area contributed by atoms with E-state index in [1.54, 1.807) is 18.2 Å². The maximum atomic E-state index is 12.7. The van der Waals surface area contributed by atoms with Gasteiger partial charge in [-0.1, -0.05) is 12.1 Å². The summed E-state index contributed by atoms with van der Waals surface area (Å²) in [6, 6.07) is 8.78. The first-order valence-corrected chi connectivity index (χ1v) is 9.97. The molecule has 25 heavy (non-hydrogen) atoms. The topological polar surface area (TPSA) is 55.4 Å². The average molecular weight is 362 g/mol. The van der Waals surface area contributed by atoms with Gasteiger partial charge in [-0.05, 0) is 87.6 Å². The van der Waals surface area contributed by atoms with Crippen molar-refractivity contribution in [3.63, 3.8) is 0 Å². The standard InChI is InChI=1S/C20H27NO3S/c1-7-24-20-9-8-18(11-16(20)5)25(22,23)21-17(6)19-12-14(3)13(2)10-15(19)4/h8-12,17,21H,7H2,1-6H3/t17-/m1/s1. The van der Waals surface area contributed by atoms with E-state index in [-0.39, 0.29) is 10.9 Å². The van der Waals surface area contributed by atoms with Crippen molar-refractivity contribution in [3.8, 4) is 5.75 Å². The predicted octanol–water partition coefficient (Wildman–Crippen LogP) is 4.36. The highest BCUT2D eigenvalue weighted by Gasteiger charge is 2.20. The summed E-state index contributed by atoms with van der Waals surface area (Å²) in [5, 5.41) is 0. The number of benzene rings is 2. The van der Waals surface area contributed by atoms with Crippen LogP contribution in [0, 0.1) is 27.7 Å². The van der Waals surface area contributed by atoms with E-state index in [9.17, 15) is 8.42 Å². The van der Waals surface area contributed by atoms with Gasteiger partial charge >= 0.3 is 0 Å². The van der Waals surface area contributed by atoms with E-state index < -0.39 is 10.0 Å². The first-order chi connectivity index (χ1) is 11.7. The van der Waals surface area contributed by atoms with Gasteiger partial charge in [-0.2, -0.15) is 0 Å². The Hall–Kier alpha value is -1.85. The molecule has 0 heterocycles. The zero-order valence-electron chi connectivity index (χ0n) is 15.8. The van der Waals surface area contributed by atoms with Crippen molar-refractivity contribution in [2.75, 3.05) is 6.61 Å². The van der Waals surface area contributed by atoms with Crippen LogP contribution in [0.3, 0.4) is 0 Å². The van der Waals surface area contributed by atoms with Gasteiger partial charge in [0.1, 0.15) is 5.75 Å². The summed E-state index contributed by atoms with van der Waals surface area (Å²) in [5.74, 6) is 0.708. The van der Waals surface area contributed by atoms with E-state index >= 15 is 0 Å². The van der Waals surface area contributed by atoms with E-state index in [1.165, 1.54) is 5.56 Å². The molecule has 0 amide bonds. The maximum Gasteiger partial charge on any atom is 0.241 e. The highest BCUT2D eigenvalue weighted by atomic mass is 32.2. The summed E-state index contributed by atoms with van der Waals surface area (Å²) in [6.45, 7) is 12.3. The molecule has 0 aromatic heterocycles. The van der Waals surface area contributed by atoms with Crippen molar-refractivity contribution < 1.29 is 13.2 Å². The molecule has 0 saturated carbocycles. The lowest BCUT2D eigenvalue weighted by Gasteiger charge is -2.19.